The molecule has 3 rings (SSSR count). The molecule has 2 aliphatic heterocycles. The Kier molecular flexibility index (Phi) is 1.76. The van der Waals surface area contributed by atoms with Crippen molar-refractivity contribution < 1.29 is 14.3 Å². The molecule has 0 saturated carbocycles. The molecule has 1 aromatic rings. The van der Waals surface area contributed by atoms with Crippen LogP contribution in [0.25, 0.3) is 0 Å². The van der Waals surface area contributed by atoms with Gasteiger partial charge in [-0.05, 0) is 12.1 Å². The Balaban J connectivity index is 2.04. The van der Waals surface area contributed by atoms with Gasteiger partial charge in [0.05, 0.1) is 23.4 Å². The summed E-state index contributed by atoms with van der Waals surface area (Å²) in [5.41, 5.74) is 1.31. The number of carbonyl (C=O) groups excluding carboxylic acids is 2. The molecule has 1 atom stereocenters. The van der Waals surface area contributed by atoms with Crippen LogP contribution < -0.4 is 0 Å². The maximum atomic E-state index is 12.0. The smallest absolute Gasteiger partial charge is 0.265 e. The number of imide groups is 1. The maximum Gasteiger partial charge on any atom is 0.265 e. The van der Waals surface area contributed by atoms with Gasteiger partial charge in [0.25, 0.3) is 11.8 Å². The standard InChI is InChI=1S/C12H9NO3/c1-7(10-6-16-10)13-11(14)8-4-2-3-5-9(8)12(13)15/h2-5,10H,1,6H2. The molecule has 0 aliphatic carbocycles. The van der Waals surface area contributed by atoms with Crippen LogP contribution in [0.2, 0.25) is 0 Å². The van der Waals surface area contributed by atoms with Crippen LogP contribution in [-0.2, 0) is 4.74 Å². The second kappa shape index (κ2) is 3.02. The molecule has 2 heterocycles. The lowest BCUT2D eigenvalue weighted by molar-refractivity contribution is 0.0694. The number of nitrogens with zero attached hydrogens (tertiary/aromatic N) is 1. The second-order valence-corrected chi connectivity index (χ2v) is 3.80. The zero-order valence-electron chi connectivity index (χ0n) is 8.47. The normalized spacial score (nSPS) is 22.2. The number of hydrogen-bond donors (Lipinski definition) is 0. The first-order valence-corrected chi connectivity index (χ1v) is 4.98. The van der Waals surface area contributed by atoms with Crippen LogP contribution in [0.3, 0.4) is 0 Å². The Bertz CT molecular complexity index is 482. The average molecular weight is 215 g/mol. The van der Waals surface area contributed by atoms with Gasteiger partial charge in [0.15, 0.2) is 0 Å². The lowest BCUT2D eigenvalue weighted by atomic mass is 10.1. The van der Waals surface area contributed by atoms with Crippen LogP contribution in [0, 0.1) is 0 Å². The molecule has 1 aromatic carbocycles. The molecule has 80 valence electrons. The van der Waals surface area contributed by atoms with Gasteiger partial charge in [-0.25, -0.2) is 4.90 Å². The summed E-state index contributed by atoms with van der Waals surface area (Å²) in [5, 5.41) is 0. The van der Waals surface area contributed by atoms with Crippen molar-refractivity contribution >= 4 is 11.8 Å². The highest BCUT2D eigenvalue weighted by Gasteiger charge is 2.42. The molecular formula is C12H9NO3. The number of amides is 2. The lowest BCUT2D eigenvalue weighted by Crippen LogP contribution is -2.30. The number of rotatable bonds is 2. The predicted octanol–water partition coefficient (Wildman–Crippen LogP) is 1.20. The van der Waals surface area contributed by atoms with Crippen LogP contribution in [-0.4, -0.2) is 29.4 Å². The summed E-state index contributed by atoms with van der Waals surface area (Å²) in [6.45, 7) is 4.28. The minimum Gasteiger partial charge on any atom is -0.366 e. The summed E-state index contributed by atoms with van der Waals surface area (Å²) in [6, 6.07) is 6.78. The zero-order valence-corrected chi connectivity index (χ0v) is 8.47. The summed E-state index contributed by atoms with van der Waals surface area (Å²) in [4.78, 5) is 25.1. The molecule has 2 aliphatic rings. The summed E-state index contributed by atoms with van der Waals surface area (Å²) in [6.07, 6.45) is -0.179. The van der Waals surface area contributed by atoms with E-state index < -0.39 is 0 Å². The first kappa shape index (κ1) is 9.30. The molecule has 0 spiro atoms. The van der Waals surface area contributed by atoms with E-state index in [1.165, 1.54) is 0 Å². The Morgan fingerprint density at radius 2 is 1.75 bits per heavy atom. The Labute approximate surface area is 92.1 Å². The molecular weight excluding hydrogens is 206 g/mol. The van der Waals surface area contributed by atoms with Crippen molar-refractivity contribution in [1.82, 2.24) is 4.90 Å². The van der Waals surface area contributed by atoms with Crippen molar-refractivity contribution in [3.8, 4) is 0 Å². The van der Waals surface area contributed by atoms with Crippen LogP contribution >= 0.6 is 0 Å². The van der Waals surface area contributed by atoms with Gasteiger partial charge in [0.1, 0.15) is 6.10 Å². The van der Waals surface area contributed by atoms with Gasteiger partial charge in [-0.3, -0.25) is 9.59 Å². The minimum absolute atomic E-state index is 0.179. The van der Waals surface area contributed by atoms with E-state index in [9.17, 15) is 9.59 Å². The highest BCUT2D eigenvalue weighted by molar-refractivity contribution is 6.22. The summed E-state index contributed by atoms with van der Waals surface area (Å²) >= 11 is 0. The third-order valence-electron chi connectivity index (χ3n) is 2.79. The molecule has 0 aromatic heterocycles. The van der Waals surface area contributed by atoms with Gasteiger partial charge in [0.2, 0.25) is 0 Å². The van der Waals surface area contributed by atoms with Gasteiger partial charge in [0, 0.05) is 0 Å². The predicted molar refractivity (Wildman–Crippen MR) is 55.8 cm³/mol. The van der Waals surface area contributed by atoms with Crippen molar-refractivity contribution in [2.24, 2.45) is 0 Å². The molecule has 16 heavy (non-hydrogen) atoms. The summed E-state index contributed by atoms with van der Waals surface area (Å²) in [7, 11) is 0. The van der Waals surface area contributed by atoms with Crippen LogP contribution in [0.4, 0.5) is 0 Å². The molecule has 1 fully saturated rings. The van der Waals surface area contributed by atoms with Crippen molar-refractivity contribution in [3.63, 3.8) is 0 Å². The fraction of sp³-hybridized carbons (Fsp3) is 0.167. The zero-order chi connectivity index (χ0) is 11.3. The molecule has 0 N–H and O–H groups in total. The van der Waals surface area contributed by atoms with E-state index in [0.29, 0.717) is 23.4 Å². The second-order valence-electron chi connectivity index (χ2n) is 3.80. The molecule has 0 radical (unpaired) electrons. The van der Waals surface area contributed by atoms with Crippen LogP contribution in [0.15, 0.2) is 36.5 Å². The number of epoxide rings is 1. The van der Waals surface area contributed by atoms with Gasteiger partial charge in [-0.1, -0.05) is 18.7 Å². The fourth-order valence-electron chi connectivity index (χ4n) is 1.83. The largest absolute Gasteiger partial charge is 0.366 e. The van der Waals surface area contributed by atoms with Gasteiger partial charge in [-0.15, -0.1) is 0 Å². The van der Waals surface area contributed by atoms with E-state index in [-0.39, 0.29) is 17.9 Å². The molecule has 0 bridgehead atoms. The summed E-state index contributed by atoms with van der Waals surface area (Å²) < 4.78 is 5.03. The quantitative estimate of drug-likeness (QED) is 0.550. The first-order chi connectivity index (χ1) is 7.70. The molecule has 2 amide bonds. The Morgan fingerprint density at radius 1 is 1.25 bits per heavy atom. The lowest BCUT2D eigenvalue weighted by Gasteiger charge is -2.14. The van der Waals surface area contributed by atoms with E-state index in [2.05, 4.69) is 6.58 Å². The number of hydrogen-bond acceptors (Lipinski definition) is 3. The van der Waals surface area contributed by atoms with E-state index in [1.807, 2.05) is 0 Å². The number of fused-ring (bicyclic) bond motifs is 1. The van der Waals surface area contributed by atoms with Crippen molar-refractivity contribution in [2.45, 2.75) is 6.10 Å². The van der Waals surface area contributed by atoms with Gasteiger partial charge < -0.3 is 4.74 Å². The van der Waals surface area contributed by atoms with E-state index in [4.69, 9.17) is 4.74 Å². The Morgan fingerprint density at radius 3 is 2.19 bits per heavy atom. The first-order valence-electron chi connectivity index (χ1n) is 4.98. The third-order valence-corrected chi connectivity index (χ3v) is 2.79. The van der Waals surface area contributed by atoms with Crippen LogP contribution in [0.1, 0.15) is 20.7 Å². The Hall–Kier alpha value is -1.94. The van der Waals surface area contributed by atoms with Crippen molar-refractivity contribution in [3.05, 3.63) is 47.7 Å². The third kappa shape index (κ3) is 1.13. The number of ether oxygens (including phenoxy) is 1. The highest BCUT2D eigenvalue weighted by Crippen LogP contribution is 2.30. The van der Waals surface area contributed by atoms with Crippen molar-refractivity contribution in [2.75, 3.05) is 6.61 Å². The van der Waals surface area contributed by atoms with Crippen LogP contribution in [0.5, 0.6) is 0 Å². The maximum absolute atomic E-state index is 12.0. The number of carbonyl (C=O) groups is 2. The SMILES string of the molecule is C=C(C1CO1)N1C(=O)c2ccccc2C1=O. The van der Waals surface area contributed by atoms with Gasteiger partial charge in [-0.2, -0.15) is 0 Å². The van der Waals surface area contributed by atoms with Gasteiger partial charge >= 0.3 is 0 Å². The topological polar surface area (TPSA) is 49.9 Å². The van der Waals surface area contributed by atoms with E-state index in [1.54, 1.807) is 24.3 Å². The molecule has 1 unspecified atom stereocenters. The average Bonchev–Trinajstić information content (AvgIpc) is 3.09. The fourth-order valence-corrected chi connectivity index (χ4v) is 1.83. The molecule has 4 nitrogen and oxygen atoms in total. The monoisotopic (exact) mass is 215 g/mol. The number of benzene rings is 1. The van der Waals surface area contributed by atoms with E-state index >= 15 is 0 Å². The summed E-state index contributed by atoms with van der Waals surface area (Å²) in [5.74, 6) is -0.609. The minimum atomic E-state index is -0.305. The van der Waals surface area contributed by atoms with Crippen molar-refractivity contribution in [1.29, 1.82) is 0 Å². The highest BCUT2D eigenvalue weighted by atomic mass is 16.6. The molecule has 1 saturated heterocycles. The molecule has 4 heteroatoms. The van der Waals surface area contributed by atoms with E-state index in [0.717, 1.165) is 4.90 Å².